The lowest BCUT2D eigenvalue weighted by Crippen LogP contribution is -2.44. The van der Waals surface area contributed by atoms with Crippen molar-refractivity contribution < 1.29 is 9.53 Å². The van der Waals surface area contributed by atoms with E-state index in [2.05, 4.69) is 13.8 Å². The smallest absolute Gasteiger partial charge is 0.232 e. The van der Waals surface area contributed by atoms with Crippen LogP contribution in [0.3, 0.4) is 0 Å². The molecule has 1 aromatic carbocycles. The zero-order valence-corrected chi connectivity index (χ0v) is 13.4. The highest BCUT2D eigenvalue weighted by Crippen LogP contribution is 2.27. The van der Waals surface area contributed by atoms with Crippen molar-refractivity contribution in [1.82, 2.24) is 4.90 Å². The fourth-order valence-electron chi connectivity index (χ4n) is 2.38. The molecule has 0 atom stereocenters. The van der Waals surface area contributed by atoms with Crippen LogP contribution in [-0.2, 0) is 10.2 Å². The van der Waals surface area contributed by atoms with E-state index in [1.807, 2.05) is 43.0 Å². The largest absolute Gasteiger partial charge is 0.497 e. The minimum atomic E-state index is -0.503. The maximum Gasteiger partial charge on any atom is 0.232 e. The van der Waals surface area contributed by atoms with Gasteiger partial charge in [-0.15, -0.1) is 0 Å². The molecule has 3 nitrogen and oxygen atoms in total. The predicted octanol–water partition coefficient (Wildman–Crippen LogP) is 3.62. The average Bonchev–Trinajstić information content (AvgIpc) is 2.46. The first kappa shape index (κ1) is 16.5. The molecule has 0 heterocycles. The number of nitrogens with zero attached hydrogens (tertiary/aromatic N) is 1. The Bertz CT molecular complexity index is 417. The molecule has 0 N–H and O–H groups in total. The Balaban J connectivity index is 2.96. The van der Waals surface area contributed by atoms with Gasteiger partial charge < -0.3 is 9.64 Å². The third-order valence-corrected chi connectivity index (χ3v) is 3.62. The fourth-order valence-corrected chi connectivity index (χ4v) is 2.38. The molecular weight excluding hydrogens is 250 g/mol. The molecule has 1 amide bonds. The van der Waals surface area contributed by atoms with Crippen LogP contribution in [0.5, 0.6) is 5.75 Å². The van der Waals surface area contributed by atoms with Gasteiger partial charge in [-0.25, -0.2) is 0 Å². The molecule has 3 heteroatoms. The van der Waals surface area contributed by atoms with E-state index in [-0.39, 0.29) is 5.91 Å². The Morgan fingerprint density at radius 1 is 1.10 bits per heavy atom. The number of hydrogen-bond acceptors (Lipinski definition) is 2. The van der Waals surface area contributed by atoms with Crippen LogP contribution in [-0.4, -0.2) is 31.0 Å². The Kier molecular flexibility index (Phi) is 6.05. The van der Waals surface area contributed by atoms with Crippen molar-refractivity contribution in [2.45, 2.75) is 46.0 Å². The molecule has 0 aliphatic rings. The summed E-state index contributed by atoms with van der Waals surface area (Å²) in [6, 6.07) is 7.78. The van der Waals surface area contributed by atoms with E-state index >= 15 is 0 Å². The van der Waals surface area contributed by atoms with Crippen molar-refractivity contribution in [2.75, 3.05) is 20.2 Å². The highest BCUT2D eigenvalue weighted by molar-refractivity contribution is 5.87. The van der Waals surface area contributed by atoms with Crippen molar-refractivity contribution in [3.8, 4) is 5.75 Å². The maximum atomic E-state index is 12.8. The molecule has 0 radical (unpaired) electrons. The van der Waals surface area contributed by atoms with Gasteiger partial charge in [0.05, 0.1) is 12.5 Å². The third kappa shape index (κ3) is 3.75. The van der Waals surface area contributed by atoms with E-state index in [4.69, 9.17) is 4.74 Å². The van der Waals surface area contributed by atoms with Crippen LogP contribution in [0.4, 0.5) is 0 Å². The first-order chi connectivity index (χ1) is 9.47. The number of carbonyl (C=O) groups excluding carboxylic acids is 1. The van der Waals surface area contributed by atoms with Gasteiger partial charge in [0.1, 0.15) is 5.75 Å². The van der Waals surface area contributed by atoms with Gasteiger partial charge in [0.2, 0.25) is 5.91 Å². The summed E-state index contributed by atoms with van der Waals surface area (Å²) >= 11 is 0. The van der Waals surface area contributed by atoms with Crippen LogP contribution in [0.25, 0.3) is 0 Å². The summed E-state index contributed by atoms with van der Waals surface area (Å²) in [5.74, 6) is 1.02. The number of rotatable bonds is 7. The van der Waals surface area contributed by atoms with Crippen molar-refractivity contribution in [2.24, 2.45) is 0 Å². The lowest BCUT2D eigenvalue weighted by Gasteiger charge is -2.32. The quantitative estimate of drug-likeness (QED) is 0.762. The second-order valence-corrected chi connectivity index (χ2v) is 5.65. The summed E-state index contributed by atoms with van der Waals surface area (Å²) in [5.41, 5.74) is 0.525. The molecule has 0 aliphatic heterocycles. The first-order valence-corrected chi connectivity index (χ1v) is 7.41. The molecule has 0 bridgehead atoms. The SMILES string of the molecule is CCCN(CCC)C(=O)C(C)(C)c1ccc(OC)cc1. The number of ether oxygens (including phenoxy) is 1. The number of carbonyl (C=O) groups is 1. The average molecular weight is 277 g/mol. The lowest BCUT2D eigenvalue weighted by molar-refractivity contribution is -0.136. The summed E-state index contributed by atoms with van der Waals surface area (Å²) in [7, 11) is 1.65. The van der Waals surface area contributed by atoms with E-state index in [9.17, 15) is 4.79 Å². The second-order valence-electron chi connectivity index (χ2n) is 5.65. The second kappa shape index (κ2) is 7.32. The van der Waals surface area contributed by atoms with Crippen LogP contribution in [0, 0.1) is 0 Å². The van der Waals surface area contributed by atoms with Crippen LogP contribution < -0.4 is 4.74 Å². The molecule has 0 saturated heterocycles. The lowest BCUT2D eigenvalue weighted by atomic mass is 9.83. The molecule has 1 aromatic rings. The molecule has 0 aromatic heterocycles. The normalized spacial score (nSPS) is 11.2. The molecule has 0 unspecified atom stereocenters. The number of hydrogen-bond donors (Lipinski definition) is 0. The summed E-state index contributed by atoms with van der Waals surface area (Å²) < 4.78 is 5.17. The van der Waals surface area contributed by atoms with E-state index < -0.39 is 5.41 Å². The summed E-state index contributed by atoms with van der Waals surface area (Å²) in [6.45, 7) is 9.86. The monoisotopic (exact) mass is 277 g/mol. The molecule has 1 rings (SSSR count). The van der Waals surface area contributed by atoms with Gasteiger partial charge in [-0.2, -0.15) is 0 Å². The zero-order chi connectivity index (χ0) is 15.2. The molecule has 0 fully saturated rings. The third-order valence-electron chi connectivity index (χ3n) is 3.62. The summed E-state index contributed by atoms with van der Waals surface area (Å²) in [6.07, 6.45) is 1.98. The molecule has 0 aliphatic carbocycles. The van der Waals surface area contributed by atoms with Gasteiger partial charge in [-0.3, -0.25) is 4.79 Å². The van der Waals surface area contributed by atoms with E-state index in [1.165, 1.54) is 0 Å². The van der Waals surface area contributed by atoms with Gasteiger partial charge in [0, 0.05) is 13.1 Å². The van der Waals surface area contributed by atoms with Gasteiger partial charge in [-0.05, 0) is 44.4 Å². The highest BCUT2D eigenvalue weighted by Gasteiger charge is 2.33. The zero-order valence-electron chi connectivity index (χ0n) is 13.4. The van der Waals surface area contributed by atoms with Crippen LogP contribution >= 0.6 is 0 Å². The van der Waals surface area contributed by atoms with E-state index in [0.717, 1.165) is 37.2 Å². The van der Waals surface area contributed by atoms with E-state index in [1.54, 1.807) is 7.11 Å². The minimum Gasteiger partial charge on any atom is -0.497 e. The number of amides is 1. The van der Waals surface area contributed by atoms with Crippen LogP contribution in [0.15, 0.2) is 24.3 Å². The molecule has 0 spiro atoms. The molecular formula is C17H27NO2. The fraction of sp³-hybridized carbons (Fsp3) is 0.588. The highest BCUT2D eigenvalue weighted by atomic mass is 16.5. The van der Waals surface area contributed by atoms with E-state index in [0.29, 0.717) is 0 Å². The number of benzene rings is 1. The molecule has 112 valence electrons. The Morgan fingerprint density at radius 3 is 2.00 bits per heavy atom. The van der Waals surface area contributed by atoms with Crippen LogP contribution in [0.2, 0.25) is 0 Å². The van der Waals surface area contributed by atoms with Crippen molar-refractivity contribution in [3.63, 3.8) is 0 Å². The van der Waals surface area contributed by atoms with Crippen molar-refractivity contribution >= 4 is 5.91 Å². The maximum absolute atomic E-state index is 12.8. The van der Waals surface area contributed by atoms with Gasteiger partial charge in [0.25, 0.3) is 0 Å². The van der Waals surface area contributed by atoms with Gasteiger partial charge >= 0.3 is 0 Å². The predicted molar refractivity (Wildman–Crippen MR) is 83.2 cm³/mol. The first-order valence-electron chi connectivity index (χ1n) is 7.41. The Labute approximate surface area is 122 Å². The molecule has 20 heavy (non-hydrogen) atoms. The Morgan fingerprint density at radius 2 is 1.60 bits per heavy atom. The standard InChI is InChI=1S/C17H27NO2/c1-6-12-18(13-7-2)16(19)17(3,4)14-8-10-15(20-5)11-9-14/h8-11H,6-7,12-13H2,1-5H3. The Hall–Kier alpha value is -1.51. The van der Waals surface area contributed by atoms with Crippen molar-refractivity contribution in [1.29, 1.82) is 0 Å². The summed E-state index contributed by atoms with van der Waals surface area (Å²) in [5, 5.41) is 0. The van der Waals surface area contributed by atoms with Crippen LogP contribution in [0.1, 0.15) is 46.1 Å². The number of methoxy groups -OCH3 is 1. The minimum absolute atomic E-state index is 0.200. The summed E-state index contributed by atoms with van der Waals surface area (Å²) in [4.78, 5) is 14.8. The topological polar surface area (TPSA) is 29.5 Å². The molecule has 0 saturated carbocycles. The van der Waals surface area contributed by atoms with Gasteiger partial charge in [-0.1, -0.05) is 26.0 Å². The van der Waals surface area contributed by atoms with Crippen molar-refractivity contribution in [3.05, 3.63) is 29.8 Å². The van der Waals surface area contributed by atoms with Gasteiger partial charge in [0.15, 0.2) is 0 Å².